The summed E-state index contributed by atoms with van der Waals surface area (Å²) < 4.78 is 0. The minimum Gasteiger partial charge on any atom is -0.337 e. The van der Waals surface area contributed by atoms with Gasteiger partial charge in [0.15, 0.2) is 11.5 Å². The third-order valence-corrected chi connectivity index (χ3v) is 5.57. The Kier molecular flexibility index (Phi) is 3.21. The number of likely N-dealkylation sites (tertiary alicyclic amines) is 1. The van der Waals surface area contributed by atoms with Crippen LogP contribution in [-0.4, -0.2) is 49.3 Å². The highest BCUT2D eigenvalue weighted by Gasteiger charge is 2.33. The number of fused-ring (bicyclic) bond motifs is 1. The van der Waals surface area contributed by atoms with Crippen molar-refractivity contribution >= 4 is 5.91 Å². The van der Waals surface area contributed by atoms with Crippen molar-refractivity contribution in [3.8, 4) is 0 Å². The molecule has 3 aliphatic rings. The molecule has 2 aromatic heterocycles. The molecule has 2 N–H and O–H groups in total. The summed E-state index contributed by atoms with van der Waals surface area (Å²) in [6.07, 6.45) is 7.58. The molecule has 1 amide bonds. The minimum absolute atomic E-state index is 0.0667. The highest BCUT2D eigenvalue weighted by molar-refractivity contribution is 5.94. The third-order valence-electron chi connectivity index (χ3n) is 5.57. The molecule has 2 fully saturated rings. The van der Waals surface area contributed by atoms with Crippen molar-refractivity contribution in [1.82, 2.24) is 30.3 Å². The van der Waals surface area contributed by atoms with Crippen molar-refractivity contribution in [2.75, 3.05) is 13.1 Å². The fraction of sp³-hybridized carbons (Fsp3) is 0.647. The predicted molar refractivity (Wildman–Crippen MR) is 86.8 cm³/mol. The van der Waals surface area contributed by atoms with E-state index in [0.29, 0.717) is 18.2 Å². The van der Waals surface area contributed by atoms with Crippen LogP contribution in [0.15, 0.2) is 0 Å². The minimum atomic E-state index is 0.0667. The molecular formula is C17H22N6O. The summed E-state index contributed by atoms with van der Waals surface area (Å²) in [5.74, 6) is 2.79. The molecule has 1 atom stereocenters. The van der Waals surface area contributed by atoms with E-state index in [4.69, 9.17) is 0 Å². The second kappa shape index (κ2) is 5.43. The molecule has 7 nitrogen and oxygen atoms in total. The fourth-order valence-electron chi connectivity index (χ4n) is 4.03. The number of rotatable bonds is 3. The molecule has 3 heterocycles. The van der Waals surface area contributed by atoms with Crippen LogP contribution >= 0.6 is 0 Å². The number of nitrogens with zero attached hydrogens (tertiary/aromatic N) is 4. The van der Waals surface area contributed by atoms with Gasteiger partial charge in [-0.15, -0.1) is 0 Å². The maximum absolute atomic E-state index is 12.9. The third kappa shape index (κ3) is 2.34. The van der Waals surface area contributed by atoms with E-state index in [9.17, 15) is 4.79 Å². The van der Waals surface area contributed by atoms with Gasteiger partial charge in [-0.05, 0) is 44.9 Å². The Morgan fingerprint density at radius 2 is 1.96 bits per heavy atom. The first kappa shape index (κ1) is 14.2. The Bertz CT molecular complexity index is 774. The van der Waals surface area contributed by atoms with Gasteiger partial charge < -0.3 is 4.90 Å². The van der Waals surface area contributed by atoms with Crippen LogP contribution in [0.2, 0.25) is 0 Å². The smallest absolute Gasteiger partial charge is 0.274 e. The standard InChI is InChI=1S/C17H22N6O/c24-17(14-12-4-1-5-13(12)19-20-14)23-8-2-3-11(9-23)16-18-15(21-22-16)10-6-7-10/h10-11H,1-9H2,(H,19,20)(H,18,21,22). The van der Waals surface area contributed by atoms with E-state index in [2.05, 4.69) is 25.4 Å². The second-order valence-corrected chi connectivity index (χ2v) is 7.33. The normalized spacial score (nSPS) is 23.5. The molecule has 2 aromatic rings. The molecule has 1 unspecified atom stereocenters. The Labute approximate surface area is 140 Å². The van der Waals surface area contributed by atoms with Gasteiger partial charge in [-0.25, -0.2) is 4.98 Å². The SMILES string of the molecule is O=C(c1n[nH]c2c1CCC2)N1CCCC(c2n[nH]c(C3CC3)n2)C1. The Balaban J connectivity index is 1.33. The largest absolute Gasteiger partial charge is 0.337 e. The number of piperidine rings is 1. The number of carbonyl (C=O) groups excluding carboxylic acids is 1. The number of hydrogen-bond donors (Lipinski definition) is 2. The lowest BCUT2D eigenvalue weighted by molar-refractivity contribution is 0.0697. The number of carbonyl (C=O) groups is 1. The molecule has 1 saturated carbocycles. The van der Waals surface area contributed by atoms with Crippen molar-refractivity contribution in [2.24, 2.45) is 0 Å². The monoisotopic (exact) mass is 326 g/mol. The topological polar surface area (TPSA) is 90.6 Å². The van der Waals surface area contributed by atoms with E-state index in [1.54, 1.807) is 0 Å². The predicted octanol–water partition coefficient (Wildman–Crippen LogP) is 1.91. The highest BCUT2D eigenvalue weighted by atomic mass is 16.2. The van der Waals surface area contributed by atoms with Crippen molar-refractivity contribution in [3.63, 3.8) is 0 Å². The van der Waals surface area contributed by atoms with Crippen LogP contribution in [0.1, 0.15) is 77.3 Å². The van der Waals surface area contributed by atoms with Gasteiger partial charge in [0.2, 0.25) is 0 Å². The first-order chi connectivity index (χ1) is 11.8. The zero-order valence-electron chi connectivity index (χ0n) is 13.7. The quantitative estimate of drug-likeness (QED) is 0.901. The summed E-state index contributed by atoms with van der Waals surface area (Å²) in [5, 5.41) is 14.8. The average molecular weight is 326 g/mol. The van der Waals surface area contributed by atoms with Crippen LogP contribution in [0.4, 0.5) is 0 Å². The molecule has 0 bridgehead atoms. The van der Waals surface area contributed by atoms with Crippen molar-refractivity contribution in [3.05, 3.63) is 28.6 Å². The van der Waals surface area contributed by atoms with E-state index >= 15 is 0 Å². The lowest BCUT2D eigenvalue weighted by atomic mass is 9.97. The van der Waals surface area contributed by atoms with Gasteiger partial charge in [0, 0.05) is 36.2 Å². The molecule has 0 spiro atoms. The van der Waals surface area contributed by atoms with Crippen LogP contribution in [-0.2, 0) is 12.8 Å². The number of aromatic nitrogens is 5. The maximum atomic E-state index is 12.9. The molecule has 126 valence electrons. The number of amides is 1. The fourth-order valence-corrected chi connectivity index (χ4v) is 4.03. The first-order valence-electron chi connectivity index (χ1n) is 9.07. The van der Waals surface area contributed by atoms with Gasteiger partial charge in [0.05, 0.1) is 0 Å². The Morgan fingerprint density at radius 1 is 1.04 bits per heavy atom. The van der Waals surface area contributed by atoms with Crippen LogP contribution < -0.4 is 0 Å². The number of nitrogens with one attached hydrogen (secondary N) is 2. The summed E-state index contributed by atoms with van der Waals surface area (Å²) >= 11 is 0. The van der Waals surface area contributed by atoms with Gasteiger partial charge in [-0.3, -0.25) is 15.0 Å². The summed E-state index contributed by atoms with van der Waals surface area (Å²) in [6.45, 7) is 1.50. The van der Waals surface area contributed by atoms with E-state index in [1.165, 1.54) is 12.8 Å². The van der Waals surface area contributed by atoms with E-state index in [-0.39, 0.29) is 11.8 Å². The maximum Gasteiger partial charge on any atom is 0.274 e. The molecule has 1 saturated heterocycles. The van der Waals surface area contributed by atoms with Gasteiger partial charge in [-0.1, -0.05) is 0 Å². The first-order valence-corrected chi connectivity index (χ1v) is 9.07. The molecule has 2 aliphatic carbocycles. The molecular weight excluding hydrogens is 304 g/mol. The molecule has 7 heteroatoms. The summed E-state index contributed by atoms with van der Waals surface area (Å²) in [7, 11) is 0. The van der Waals surface area contributed by atoms with Gasteiger partial charge >= 0.3 is 0 Å². The number of H-pyrrole nitrogens is 2. The lowest BCUT2D eigenvalue weighted by Gasteiger charge is -2.31. The highest BCUT2D eigenvalue weighted by Crippen LogP contribution is 2.38. The lowest BCUT2D eigenvalue weighted by Crippen LogP contribution is -2.40. The average Bonchev–Trinajstić information content (AvgIpc) is 3.02. The van der Waals surface area contributed by atoms with Crippen molar-refractivity contribution in [1.29, 1.82) is 0 Å². The number of hydrogen-bond acceptors (Lipinski definition) is 4. The van der Waals surface area contributed by atoms with Gasteiger partial charge in [0.25, 0.3) is 5.91 Å². The molecule has 0 aromatic carbocycles. The molecule has 5 rings (SSSR count). The number of aryl methyl sites for hydroxylation is 1. The van der Waals surface area contributed by atoms with Crippen LogP contribution in [0.3, 0.4) is 0 Å². The van der Waals surface area contributed by atoms with Crippen LogP contribution in [0.25, 0.3) is 0 Å². The summed E-state index contributed by atoms with van der Waals surface area (Å²) in [6, 6.07) is 0. The van der Waals surface area contributed by atoms with Gasteiger partial charge in [-0.2, -0.15) is 10.2 Å². The van der Waals surface area contributed by atoms with Gasteiger partial charge in [0.1, 0.15) is 5.82 Å². The Morgan fingerprint density at radius 3 is 2.83 bits per heavy atom. The van der Waals surface area contributed by atoms with Crippen molar-refractivity contribution < 1.29 is 4.79 Å². The Hall–Kier alpha value is -2.18. The van der Waals surface area contributed by atoms with Crippen LogP contribution in [0.5, 0.6) is 0 Å². The van der Waals surface area contributed by atoms with E-state index in [1.807, 2.05) is 4.90 Å². The zero-order chi connectivity index (χ0) is 16.1. The number of aromatic amines is 2. The van der Waals surface area contributed by atoms with Crippen molar-refractivity contribution in [2.45, 2.75) is 56.8 Å². The molecule has 1 aliphatic heterocycles. The molecule has 24 heavy (non-hydrogen) atoms. The second-order valence-electron chi connectivity index (χ2n) is 7.33. The van der Waals surface area contributed by atoms with Crippen LogP contribution in [0, 0.1) is 0 Å². The molecule has 0 radical (unpaired) electrons. The zero-order valence-corrected chi connectivity index (χ0v) is 13.7. The van der Waals surface area contributed by atoms with E-state index in [0.717, 1.165) is 61.6 Å². The summed E-state index contributed by atoms with van der Waals surface area (Å²) in [4.78, 5) is 19.5. The summed E-state index contributed by atoms with van der Waals surface area (Å²) in [5.41, 5.74) is 2.92. The van der Waals surface area contributed by atoms with E-state index < -0.39 is 0 Å².